The Morgan fingerprint density at radius 1 is 1.12 bits per heavy atom. The topological polar surface area (TPSA) is 38.7 Å². The zero-order valence-corrected chi connectivity index (χ0v) is 10.6. The molecule has 0 amide bonds. The molecule has 16 heavy (non-hydrogen) atoms. The number of hydrogen-bond donors (Lipinski definition) is 0. The Labute approximate surface area is 101 Å². The molecule has 3 nitrogen and oxygen atoms in total. The van der Waals surface area contributed by atoms with Gasteiger partial charge in [0.25, 0.3) is 0 Å². The normalized spacial score (nSPS) is 38.6. The van der Waals surface area contributed by atoms with Crippen LogP contribution in [0.25, 0.3) is 0 Å². The molecule has 90 valence electrons. The first-order chi connectivity index (χ1) is 7.58. The van der Waals surface area contributed by atoms with Crippen molar-refractivity contribution in [2.45, 2.75) is 38.5 Å². The van der Waals surface area contributed by atoms with Crippen molar-refractivity contribution in [1.29, 1.82) is 0 Å². The number of ether oxygens (including phenoxy) is 1. The lowest BCUT2D eigenvalue weighted by molar-refractivity contribution is -0.160. The molecule has 0 spiro atoms. The number of carbonyl (C=O) groups is 1. The average molecular weight is 244 g/mol. The number of carbonyl (C=O) groups excluding carboxylic acids is 1. The Kier molecular flexibility index (Phi) is 2.99. The quantitative estimate of drug-likeness (QED) is 0.553. The molecule has 0 saturated heterocycles. The molecule has 2 bridgehead atoms. The molecule has 0 heterocycles. The predicted molar refractivity (Wildman–Crippen MR) is 63.8 cm³/mol. The summed E-state index contributed by atoms with van der Waals surface area (Å²) in [6.07, 6.45) is 5.59. The number of hydrogen-bond acceptors (Lipinski definition) is 3. The summed E-state index contributed by atoms with van der Waals surface area (Å²) < 4.78 is 4.93. The van der Waals surface area contributed by atoms with Crippen LogP contribution in [0.15, 0.2) is 4.99 Å². The van der Waals surface area contributed by atoms with Crippen LogP contribution in [-0.2, 0) is 9.53 Å². The van der Waals surface area contributed by atoms with Crippen molar-refractivity contribution < 1.29 is 9.53 Å². The van der Waals surface area contributed by atoms with Crippen molar-refractivity contribution in [3.8, 4) is 0 Å². The summed E-state index contributed by atoms with van der Waals surface area (Å²) in [5.74, 6) is -0.0367. The van der Waals surface area contributed by atoms with Gasteiger partial charge in [-0.25, -0.2) is 0 Å². The molecule has 0 unspecified atom stereocenters. The van der Waals surface area contributed by atoms with Crippen molar-refractivity contribution in [3.63, 3.8) is 0 Å². The number of aliphatic imine (C=N–C) groups is 1. The van der Waals surface area contributed by atoms with E-state index in [1.165, 1.54) is 7.11 Å². The fourth-order valence-corrected chi connectivity index (χ4v) is 3.54. The fourth-order valence-electron chi connectivity index (χ4n) is 3.25. The predicted octanol–water partition coefficient (Wildman–Crippen LogP) is 2.77. The van der Waals surface area contributed by atoms with Crippen molar-refractivity contribution >= 4 is 22.7 Å². The SMILES string of the molecule is C/N=C(/Cl)C12CCC(C(=O)OC)(CC1)CC2. The minimum atomic E-state index is -0.221. The van der Waals surface area contributed by atoms with Crippen molar-refractivity contribution in [3.05, 3.63) is 0 Å². The highest BCUT2D eigenvalue weighted by atomic mass is 35.5. The Morgan fingerprint density at radius 3 is 1.94 bits per heavy atom. The van der Waals surface area contributed by atoms with Gasteiger partial charge in [0.2, 0.25) is 0 Å². The highest BCUT2D eigenvalue weighted by molar-refractivity contribution is 6.66. The number of nitrogens with zero attached hydrogens (tertiary/aromatic N) is 1. The number of methoxy groups -OCH3 is 1. The highest BCUT2D eigenvalue weighted by Crippen LogP contribution is 2.58. The molecule has 0 aliphatic heterocycles. The van der Waals surface area contributed by atoms with E-state index in [9.17, 15) is 4.79 Å². The third-order valence-corrected chi connectivity index (χ3v) is 5.07. The maximum atomic E-state index is 11.8. The molecule has 3 aliphatic rings. The van der Waals surface area contributed by atoms with Gasteiger partial charge in [0.05, 0.1) is 12.5 Å². The van der Waals surface area contributed by atoms with E-state index in [0.29, 0.717) is 0 Å². The lowest BCUT2D eigenvalue weighted by Crippen LogP contribution is -2.48. The second-order valence-corrected chi connectivity index (χ2v) is 5.42. The van der Waals surface area contributed by atoms with Crippen LogP contribution in [0.3, 0.4) is 0 Å². The summed E-state index contributed by atoms with van der Waals surface area (Å²) in [4.78, 5) is 15.9. The van der Waals surface area contributed by atoms with E-state index < -0.39 is 0 Å². The second-order valence-electron chi connectivity index (χ2n) is 5.07. The minimum absolute atomic E-state index is 0.0367. The smallest absolute Gasteiger partial charge is 0.311 e. The lowest BCUT2D eigenvalue weighted by atomic mass is 9.54. The monoisotopic (exact) mass is 243 g/mol. The van der Waals surface area contributed by atoms with E-state index in [4.69, 9.17) is 16.3 Å². The standard InChI is InChI=1S/C12H18ClNO2/c1-14-9(13)11-3-6-12(7-4-11,8-5-11)10(15)16-2/h3-8H2,1-2H3/b14-9+. The molecule has 0 N–H and O–H groups in total. The van der Waals surface area contributed by atoms with E-state index in [0.717, 1.165) is 43.7 Å². The molecule has 0 radical (unpaired) electrons. The molecule has 0 aromatic heterocycles. The summed E-state index contributed by atoms with van der Waals surface area (Å²) in [7, 11) is 3.22. The Hall–Kier alpha value is -0.570. The van der Waals surface area contributed by atoms with Gasteiger partial charge in [0, 0.05) is 12.5 Å². The average Bonchev–Trinajstić information content (AvgIpc) is 2.38. The second kappa shape index (κ2) is 4.02. The molecule has 4 heteroatoms. The van der Waals surface area contributed by atoms with Crippen LogP contribution in [0.2, 0.25) is 0 Å². The highest BCUT2D eigenvalue weighted by Gasteiger charge is 2.54. The van der Waals surface area contributed by atoms with Gasteiger partial charge in [-0.2, -0.15) is 0 Å². The van der Waals surface area contributed by atoms with E-state index in [1.807, 2.05) is 0 Å². The minimum Gasteiger partial charge on any atom is -0.469 e. The number of halogens is 1. The van der Waals surface area contributed by atoms with Gasteiger partial charge in [-0.3, -0.25) is 9.79 Å². The van der Waals surface area contributed by atoms with Crippen LogP contribution in [0.4, 0.5) is 0 Å². The summed E-state index contributed by atoms with van der Waals surface area (Å²) in [6.45, 7) is 0. The van der Waals surface area contributed by atoms with E-state index in [2.05, 4.69) is 4.99 Å². The van der Waals surface area contributed by atoms with E-state index in [1.54, 1.807) is 7.05 Å². The lowest BCUT2D eigenvalue weighted by Gasteiger charge is -2.51. The first-order valence-corrected chi connectivity index (χ1v) is 6.18. The van der Waals surface area contributed by atoms with Gasteiger partial charge in [-0.05, 0) is 38.5 Å². The van der Waals surface area contributed by atoms with Gasteiger partial charge >= 0.3 is 5.97 Å². The van der Waals surface area contributed by atoms with Crippen LogP contribution in [0.1, 0.15) is 38.5 Å². The summed E-state index contributed by atoms with van der Waals surface area (Å²) in [5.41, 5.74) is -0.159. The van der Waals surface area contributed by atoms with Crippen LogP contribution in [0, 0.1) is 10.8 Å². The summed E-state index contributed by atoms with van der Waals surface area (Å²) in [5, 5.41) is 0.741. The third kappa shape index (κ3) is 1.56. The molecule has 3 saturated carbocycles. The van der Waals surface area contributed by atoms with Crippen LogP contribution in [-0.4, -0.2) is 25.3 Å². The number of rotatable bonds is 2. The summed E-state index contributed by atoms with van der Waals surface area (Å²) in [6, 6.07) is 0. The Bertz CT molecular complexity index is 313. The van der Waals surface area contributed by atoms with Crippen LogP contribution < -0.4 is 0 Å². The zero-order chi connectivity index (χ0) is 11.8. The van der Waals surface area contributed by atoms with E-state index in [-0.39, 0.29) is 16.8 Å². The molecule has 0 atom stereocenters. The maximum Gasteiger partial charge on any atom is 0.311 e. The molecule has 3 rings (SSSR count). The fraction of sp³-hybridized carbons (Fsp3) is 0.833. The zero-order valence-electron chi connectivity index (χ0n) is 9.88. The Morgan fingerprint density at radius 2 is 1.56 bits per heavy atom. The largest absolute Gasteiger partial charge is 0.469 e. The molecule has 3 fully saturated rings. The molecular formula is C12H18ClNO2. The number of fused-ring (bicyclic) bond motifs is 3. The van der Waals surface area contributed by atoms with Gasteiger partial charge in [0.15, 0.2) is 0 Å². The van der Waals surface area contributed by atoms with Crippen molar-refractivity contribution in [2.75, 3.05) is 14.2 Å². The van der Waals surface area contributed by atoms with Crippen molar-refractivity contribution in [1.82, 2.24) is 0 Å². The molecular weight excluding hydrogens is 226 g/mol. The molecule has 0 aromatic carbocycles. The van der Waals surface area contributed by atoms with Crippen LogP contribution in [0.5, 0.6) is 0 Å². The number of esters is 1. The van der Waals surface area contributed by atoms with Crippen molar-refractivity contribution in [2.24, 2.45) is 15.8 Å². The van der Waals surface area contributed by atoms with Gasteiger partial charge < -0.3 is 4.74 Å². The Balaban J connectivity index is 2.18. The van der Waals surface area contributed by atoms with Crippen LogP contribution >= 0.6 is 11.6 Å². The molecule has 0 aromatic rings. The van der Waals surface area contributed by atoms with Gasteiger partial charge in [0.1, 0.15) is 5.17 Å². The van der Waals surface area contributed by atoms with Gasteiger partial charge in [-0.15, -0.1) is 0 Å². The maximum absolute atomic E-state index is 11.8. The third-order valence-electron chi connectivity index (χ3n) is 4.50. The van der Waals surface area contributed by atoms with E-state index >= 15 is 0 Å². The van der Waals surface area contributed by atoms with Gasteiger partial charge in [-0.1, -0.05) is 11.6 Å². The summed E-state index contributed by atoms with van der Waals surface area (Å²) >= 11 is 6.22. The first-order valence-electron chi connectivity index (χ1n) is 5.80. The molecule has 3 aliphatic carbocycles. The first kappa shape index (κ1) is 11.9.